The Balaban J connectivity index is 2.56. The van der Waals surface area contributed by atoms with Gasteiger partial charge in [0, 0.05) is 11.9 Å². The molecular weight excluding hydrogens is 240 g/mol. The van der Waals surface area contributed by atoms with Crippen LogP contribution >= 0.6 is 11.3 Å². The summed E-state index contributed by atoms with van der Waals surface area (Å²) in [6, 6.07) is 3.41. The summed E-state index contributed by atoms with van der Waals surface area (Å²) < 4.78 is 0. The molecule has 0 spiro atoms. The van der Waals surface area contributed by atoms with Gasteiger partial charge in [0.1, 0.15) is 5.54 Å². The minimum Gasteiger partial charge on any atom is -0.480 e. The van der Waals surface area contributed by atoms with Crippen LogP contribution in [-0.2, 0) is 11.3 Å². The first kappa shape index (κ1) is 13.5. The molecule has 0 atom stereocenters. The monoisotopic (exact) mass is 256 g/mol. The van der Waals surface area contributed by atoms with Gasteiger partial charge in [-0.15, -0.1) is 11.3 Å². The highest BCUT2D eigenvalue weighted by atomic mass is 32.1. The largest absolute Gasteiger partial charge is 0.480 e. The van der Waals surface area contributed by atoms with Crippen LogP contribution in [0.2, 0.25) is 0 Å². The van der Waals surface area contributed by atoms with E-state index in [9.17, 15) is 9.59 Å². The van der Waals surface area contributed by atoms with Gasteiger partial charge in [-0.05, 0) is 25.3 Å². The molecule has 0 aliphatic carbocycles. The molecule has 0 unspecified atom stereocenters. The Labute approximate surface area is 104 Å². The number of carbonyl (C=O) groups excluding carboxylic acids is 1. The van der Waals surface area contributed by atoms with Crippen LogP contribution in [0.3, 0.4) is 0 Å². The van der Waals surface area contributed by atoms with Gasteiger partial charge in [-0.1, -0.05) is 6.07 Å². The summed E-state index contributed by atoms with van der Waals surface area (Å²) in [7, 11) is 1.47. The number of carboxylic acid groups (broad SMARTS) is 1. The van der Waals surface area contributed by atoms with Crippen LogP contribution < -0.4 is 5.32 Å². The van der Waals surface area contributed by atoms with Crippen molar-refractivity contribution < 1.29 is 14.7 Å². The number of aliphatic carboxylic acids is 1. The van der Waals surface area contributed by atoms with E-state index >= 15 is 0 Å². The second-order valence-corrected chi connectivity index (χ2v) is 5.19. The Morgan fingerprint density at radius 3 is 2.65 bits per heavy atom. The molecular formula is C11H16N2O3S. The molecule has 0 aliphatic heterocycles. The zero-order valence-electron chi connectivity index (χ0n) is 10.1. The van der Waals surface area contributed by atoms with Crippen LogP contribution in [0.15, 0.2) is 17.5 Å². The SMILES string of the molecule is CN(C(=O)NCc1cccs1)C(C)(C)C(=O)O. The van der Waals surface area contributed by atoms with E-state index in [1.54, 1.807) is 11.3 Å². The highest BCUT2D eigenvalue weighted by Gasteiger charge is 2.35. The fourth-order valence-corrected chi connectivity index (χ4v) is 1.74. The zero-order chi connectivity index (χ0) is 13.1. The summed E-state index contributed by atoms with van der Waals surface area (Å²) in [6.07, 6.45) is 0. The van der Waals surface area contributed by atoms with Crippen LogP contribution in [0, 0.1) is 0 Å². The number of urea groups is 1. The molecule has 0 fully saturated rings. The predicted molar refractivity (Wildman–Crippen MR) is 66.0 cm³/mol. The van der Waals surface area contributed by atoms with Gasteiger partial charge in [0.25, 0.3) is 0 Å². The maximum absolute atomic E-state index is 11.7. The fourth-order valence-electron chi connectivity index (χ4n) is 1.09. The second-order valence-electron chi connectivity index (χ2n) is 4.16. The lowest BCUT2D eigenvalue weighted by Crippen LogP contribution is -2.53. The number of thiophene rings is 1. The van der Waals surface area contributed by atoms with E-state index in [1.165, 1.54) is 25.8 Å². The lowest BCUT2D eigenvalue weighted by Gasteiger charge is -2.31. The molecule has 2 N–H and O–H groups in total. The molecule has 17 heavy (non-hydrogen) atoms. The van der Waals surface area contributed by atoms with E-state index in [0.717, 1.165) is 4.88 Å². The van der Waals surface area contributed by atoms with Crippen LogP contribution in [-0.4, -0.2) is 34.6 Å². The molecule has 0 aromatic carbocycles. The van der Waals surface area contributed by atoms with Crippen molar-refractivity contribution >= 4 is 23.3 Å². The van der Waals surface area contributed by atoms with E-state index < -0.39 is 17.5 Å². The van der Waals surface area contributed by atoms with Crippen molar-refractivity contribution in [1.29, 1.82) is 0 Å². The number of hydrogen-bond donors (Lipinski definition) is 2. The first-order valence-corrected chi connectivity index (χ1v) is 6.01. The van der Waals surface area contributed by atoms with E-state index in [1.807, 2.05) is 17.5 Å². The van der Waals surface area contributed by atoms with Gasteiger partial charge in [-0.2, -0.15) is 0 Å². The Kier molecular flexibility index (Phi) is 4.11. The normalized spacial score (nSPS) is 11.0. The number of amides is 2. The third-order valence-electron chi connectivity index (χ3n) is 2.66. The van der Waals surface area contributed by atoms with E-state index in [-0.39, 0.29) is 0 Å². The van der Waals surface area contributed by atoms with Crippen molar-refractivity contribution in [2.45, 2.75) is 25.9 Å². The molecule has 94 valence electrons. The maximum atomic E-state index is 11.7. The van der Waals surface area contributed by atoms with Crippen molar-refractivity contribution in [3.8, 4) is 0 Å². The van der Waals surface area contributed by atoms with Crippen LogP contribution in [0.25, 0.3) is 0 Å². The zero-order valence-corrected chi connectivity index (χ0v) is 10.9. The van der Waals surface area contributed by atoms with Crippen LogP contribution in [0.5, 0.6) is 0 Å². The molecule has 1 aromatic heterocycles. The minimum absolute atomic E-state index is 0.397. The Hall–Kier alpha value is -1.56. The van der Waals surface area contributed by atoms with E-state index in [2.05, 4.69) is 5.32 Å². The highest BCUT2D eigenvalue weighted by molar-refractivity contribution is 7.09. The molecule has 1 heterocycles. The van der Waals surface area contributed by atoms with Crippen molar-refractivity contribution in [2.75, 3.05) is 7.05 Å². The van der Waals surface area contributed by atoms with Crippen molar-refractivity contribution in [3.05, 3.63) is 22.4 Å². The number of carbonyl (C=O) groups is 2. The summed E-state index contributed by atoms with van der Waals surface area (Å²) >= 11 is 1.54. The molecule has 0 saturated carbocycles. The van der Waals surface area contributed by atoms with Crippen molar-refractivity contribution in [3.63, 3.8) is 0 Å². The third kappa shape index (κ3) is 3.20. The summed E-state index contributed by atoms with van der Waals surface area (Å²) in [6.45, 7) is 3.39. The number of nitrogens with one attached hydrogen (secondary N) is 1. The van der Waals surface area contributed by atoms with Gasteiger partial charge in [0.2, 0.25) is 0 Å². The number of nitrogens with zero attached hydrogens (tertiary/aromatic N) is 1. The molecule has 2 amide bonds. The van der Waals surface area contributed by atoms with Gasteiger partial charge >= 0.3 is 12.0 Å². The maximum Gasteiger partial charge on any atom is 0.329 e. The van der Waals surface area contributed by atoms with Gasteiger partial charge < -0.3 is 15.3 Å². The third-order valence-corrected chi connectivity index (χ3v) is 3.54. The Morgan fingerprint density at radius 1 is 1.53 bits per heavy atom. The molecule has 1 aromatic rings. The number of hydrogen-bond acceptors (Lipinski definition) is 3. The van der Waals surface area contributed by atoms with Gasteiger partial charge in [0.05, 0.1) is 6.54 Å². The lowest BCUT2D eigenvalue weighted by atomic mass is 10.1. The number of rotatable bonds is 4. The average Bonchev–Trinajstić information content (AvgIpc) is 2.77. The smallest absolute Gasteiger partial charge is 0.329 e. The fraction of sp³-hybridized carbons (Fsp3) is 0.455. The molecule has 1 rings (SSSR count). The Morgan fingerprint density at radius 2 is 2.18 bits per heavy atom. The van der Waals surface area contributed by atoms with E-state index in [4.69, 9.17) is 5.11 Å². The molecule has 6 heteroatoms. The highest BCUT2D eigenvalue weighted by Crippen LogP contribution is 2.13. The van der Waals surface area contributed by atoms with Gasteiger partial charge in [-0.3, -0.25) is 0 Å². The summed E-state index contributed by atoms with van der Waals surface area (Å²) in [5, 5.41) is 13.6. The van der Waals surface area contributed by atoms with Gasteiger partial charge in [0.15, 0.2) is 0 Å². The van der Waals surface area contributed by atoms with Crippen LogP contribution in [0.4, 0.5) is 4.79 Å². The first-order valence-electron chi connectivity index (χ1n) is 5.13. The molecule has 0 bridgehead atoms. The molecule has 0 saturated heterocycles. The van der Waals surface area contributed by atoms with Crippen LogP contribution in [0.1, 0.15) is 18.7 Å². The average molecular weight is 256 g/mol. The van der Waals surface area contributed by atoms with Gasteiger partial charge in [-0.25, -0.2) is 9.59 Å². The molecule has 5 nitrogen and oxygen atoms in total. The predicted octanol–water partition coefficient (Wildman–Crippen LogP) is 1.75. The van der Waals surface area contributed by atoms with Crippen molar-refractivity contribution in [1.82, 2.24) is 10.2 Å². The number of carboxylic acids is 1. The molecule has 0 aliphatic rings. The standard InChI is InChI=1S/C11H16N2O3S/c1-11(2,9(14)15)13(3)10(16)12-7-8-5-4-6-17-8/h4-6H,7H2,1-3H3,(H,12,16)(H,14,15). The summed E-state index contributed by atoms with van der Waals surface area (Å²) in [5.41, 5.74) is -1.22. The second kappa shape index (κ2) is 5.18. The topological polar surface area (TPSA) is 69.6 Å². The molecule has 0 radical (unpaired) electrons. The lowest BCUT2D eigenvalue weighted by molar-refractivity contribution is -0.146. The minimum atomic E-state index is -1.22. The van der Waals surface area contributed by atoms with Crippen molar-refractivity contribution in [2.24, 2.45) is 0 Å². The first-order chi connectivity index (χ1) is 7.85. The number of likely N-dealkylation sites (N-methyl/N-ethyl adjacent to an activating group) is 1. The van der Waals surface area contributed by atoms with E-state index in [0.29, 0.717) is 6.54 Å². The quantitative estimate of drug-likeness (QED) is 0.862. The summed E-state index contributed by atoms with van der Waals surface area (Å²) in [4.78, 5) is 24.9. The summed E-state index contributed by atoms with van der Waals surface area (Å²) in [5.74, 6) is -1.04. The Bertz CT molecular complexity index is 401.